The van der Waals surface area contributed by atoms with Gasteiger partial charge in [-0.3, -0.25) is 4.79 Å². The SMILES string of the molecule is CC(=O)N[C@@H]1[C@@H](NS(=O)(=O)/C=C/c2ccccc2)[C@H]2CCO[C@H]21. The van der Waals surface area contributed by atoms with Gasteiger partial charge in [0.1, 0.15) is 0 Å². The van der Waals surface area contributed by atoms with Gasteiger partial charge in [-0.25, -0.2) is 13.1 Å². The van der Waals surface area contributed by atoms with Gasteiger partial charge in [0.15, 0.2) is 0 Å². The molecule has 2 aliphatic rings. The predicted molar refractivity (Wildman–Crippen MR) is 86.8 cm³/mol. The van der Waals surface area contributed by atoms with Crippen LogP contribution in [0.2, 0.25) is 0 Å². The second-order valence-electron chi connectivity index (χ2n) is 5.92. The molecule has 6 nitrogen and oxygen atoms in total. The number of hydrogen-bond donors (Lipinski definition) is 2. The van der Waals surface area contributed by atoms with E-state index in [0.717, 1.165) is 17.4 Å². The fourth-order valence-electron chi connectivity index (χ4n) is 3.24. The lowest BCUT2D eigenvalue weighted by molar-refractivity contribution is -0.123. The van der Waals surface area contributed by atoms with Crippen molar-refractivity contribution in [1.29, 1.82) is 0 Å². The number of amides is 1. The summed E-state index contributed by atoms with van der Waals surface area (Å²) in [5.74, 6) is -0.0697. The van der Waals surface area contributed by atoms with Gasteiger partial charge in [0.05, 0.1) is 18.2 Å². The number of benzene rings is 1. The lowest BCUT2D eigenvalue weighted by Gasteiger charge is -2.47. The molecule has 1 saturated carbocycles. The number of rotatable bonds is 5. The van der Waals surface area contributed by atoms with E-state index in [9.17, 15) is 13.2 Å². The number of ether oxygens (including phenoxy) is 1. The number of carbonyl (C=O) groups excluding carboxylic acids is 1. The first-order valence-corrected chi connectivity index (χ1v) is 9.15. The van der Waals surface area contributed by atoms with Gasteiger partial charge in [-0.1, -0.05) is 30.3 Å². The first kappa shape index (κ1) is 16.2. The van der Waals surface area contributed by atoms with Crippen LogP contribution in [0.25, 0.3) is 6.08 Å². The molecule has 1 saturated heterocycles. The van der Waals surface area contributed by atoms with E-state index in [1.165, 1.54) is 6.92 Å². The molecule has 1 aromatic rings. The van der Waals surface area contributed by atoms with E-state index in [4.69, 9.17) is 4.74 Å². The van der Waals surface area contributed by atoms with Gasteiger partial charge in [0.2, 0.25) is 15.9 Å². The Morgan fingerprint density at radius 2 is 2.00 bits per heavy atom. The van der Waals surface area contributed by atoms with Crippen molar-refractivity contribution in [3.8, 4) is 0 Å². The third-order valence-corrected chi connectivity index (χ3v) is 5.39. The molecule has 1 aromatic carbocycles. The summed E-state index contributed by atoms with van der Waals surface area (Å²) in [6.45, 7) is 2.02. The molecule has 1 aliphatic carbocycles. The topological polar surface area (TPSA) is 84.5 Å². The fraction of sp³-hybridized carbons (Fsp3) is 0.438. The number of carbonyl (C=O) groups is 1. The van der Waals surface area contributed by atoms with Crippen LogP contribution in [0.1, 0.15) is 18.9 Å². The van der Waals surface area contributed by atoms with E-state index in [1.807, 2.05) is 30.3 Å². The summed E-state index contributed by atoms with van der Waals surface area (Å²) < 4.78 is 32.8. The summed E-state index contributed by atoms with van der Waals surface area (Å²) in [5.41, 5.74) is 0.812. The van der Waals surface area contributed by atoms with Crippen molar-refractivity contribution < 1.29 is 17.9 Å². The third kappa shape index (κ3) is 3.63. The van der Waals surface area contributed by atoms with Crippen LogP contribution in [-0.2, 0) is 19.6 Å². The second kappa shape index (κ2) is 6.43. The van der Waals surface area contributed by atoms with Crippen molar-refractivity contribution in [1.82, 2.24) is 10.0 Å². The molecule has 124 valence electrons. The molecule has 1 heterocycles. The molecule has 3 rings (SSSR count). The molecule has 1 amide bonds. The molecule has 23 heavy (non-hydrogen) atoms. The zero-order chi connectivity index (χ0) is 16.4. The Bertz CT molecular complexity index is 702. The Labute approximate surface area is 136 Å². The van der Waals surface area contributed by atoms with Gasteiger partial charge >= 0.3 is 0 Å². The van der Waals surface area contributed by atoms with Crippen LogP contribution in [0.15, 0.2) is 35.7 Å². The maximum absolute atomic E-state index is 12.3. The van der Waals surface area contributed by atoms with Crippen molar-refractivity contribution in [2.75, 3.05) is 6.61 Å². The predicted octanol–water partition coefficient (Wildman–Crippen LogP) is 0.869. The quantitative estimate of drug-likeness (QED) is 0.835. The fourth-order valence-corrected chi connectivity index (χ4v) is 4.35. The summed E-state index contributed by atoms with van der Waals surface area (Å²) in [6.07, 6.45) is 2.26. The normalized spacial score (nSPS) is 30.0. The summed E-state index contributed by atoms with van der Waals surface area (Å²) in [4.78, 5) is 11.3. The van der Waals surface area contributed by atoms with Crippen molar-refractivity contribution in [2.24, 2.45) is 5.92 Å². The minimum absolute atomic E-state index is 0.0929. The van der Waals surface area contributed by atoms with Gasteiger partial charge < -0.3 is 10.1 Å². The van der Waals surface area contributed by atoms with E-state index < -0.39 is 10.0 Å². The highest BCUT2D eigenvalue weighted by Crippen LogP contribution is 2.39. The Morgan fingerprint density at radius 1 is 1.26 bits per heavy atom. The lowest BCUT2D eigenvalue weighted by atomic mass is 9.72. The van der Waals surface area contributed by atoms with Crippen LogP contribution in [0, 0.1) is 5.92 Å². The standard InChI is InChI=1S/C16H20N2O4S/c1-11(19)17-15-14(13-7-9-22-16(13)15)18-23(20,21)10-8-12-5-3-2-4-6-12/h2-6,8,10,13-16,18H,7,9H2,1H3,(H,17,19)/b10-8+/t13-,14+,15-,16-/m1/s1. The Balaban J connectivity index is 1.69. The van der Waals surface area contributed by atoms with Gasteiger partial charge in [0.25, 0.3) is 0 Å². The molecule has 0 aromatic heterocycles. The second-order valence-corrected chi connectivity index (χ2v) is 7.51. The van der Waals surface area contributed by atoms with Gasteiger partial charge in [-0.05, 0) is 18.1 Å². The number of sulfonamides is 1. The molecule has 1 aliphatic heterocycles. The van der Waals surface area contributed by atoms with Crippen LogP contribution in [0.4, 0.5) is 0 Å². The van der Waals surface area contributed by atoms with Crippen LogP contribution in [0.3, 0.4) is 0 Å². The first-order chi connectivity index (χ1) is 11.0. The summed E-state index contributed by atoms with van der Waals surface area (Å²) in [6, 6.07) is 8.60. The highest BCUT2D eigenvalue weighted by atomic mass is 32.2. The zero-order valence-corrected chi connectivity index (χ0v) is 13.6. The van der Waals surface area contributed by atoms with Crippen molar-refractivity contribution in [2.45, 2.75) is 31.5 Å². The maximum atomic E-state index is 12.3. The van der Waals surface area contributed by atoms with Crippen molar-refractivity contribution in [3.63, 3.8) is 0 Å². The highest BCUT2D eigenvalue weighted by molar-refractivity contribution is 7.92. The lowest BCUT2D eigenvalue weighted by Crippen LogP contribution is -2.70. The molecule has 4 atom stereocenters. The molecule has 7 heteroatoms. The molecule has 2 N–H and O–H groups in total. The van der Waals surface area contributed by atoms with E-state index in [2.05, 4.69) is 10.0 Å². The smallest absolute Gasteiger partial charge is 0.234 e. The van der Waals surface area contributed by atoms with Crippen molar-refractivity contribution >= 4 is 22.0 Å². The first-order valence-electron chi connectivity index (χ1n) is 7.60. The average molecular weight is 336 g/mol. The van der Waals surface area contributed by atoms with E-state index in [-0.39, 0.29) is 30.0 Å². The van der Waals surface area contributed by atoms with Crippen LogP contribution >= 0.6 is 0 Å². The minimum Gasteiger partial charge on any atom is -0.376 e. The summed E-state index contributed by atoms with van der Waals surface area (Å²) >= 11 is 0. The Hall–Kier alpha value is -1.70. The Kier molecular flexibility index (Phi) is 4.52. The molecule has 0 unspecified atom stereocenters. The summed E-state index contributed by atoms with van der Waals surface area (Å²) in [7, 11) is -3.58. The monoisotopic (exact) mass is 336 g/mol. The average Bonchev–Trinajstić information content (AvgIpc) is 2.95. The number of nitrogens with one attached hydrogen (secondary N) is 2. The molecule has 0 spiro atoms. The van der Waals surface area contributed by atoms with E-state index >= 15 is 0 Å². The van der Waals surface area contributed by atoms with Crippen LogP contribution in [0.5, 0.6) is 0 Å². The van der Waals surface area contributed by atoms with Gasteiger partial charge in [-0.15, -0.1) is 0 Å². The number of fused-ring (bicyclic) bond motifs is 1. The van der Waals surface area contributed by atoms with Crippen LogP contribution in [-0.4, -0.2) is 39.1 Å². The molecular formula is C16H20N2O4S. The largest absolute Gasteiger partial charge is 0.376 e. The van der Waals surface area contributed by atoms with Crippen molar-refractivity contribution in [3.05, 3.63) is 41.3 Å². The van der Waals surface area contributed by atoms with Gasteiger partial charge in [-0.2, -0.15) is 0 Å². The highest BCUT2D eigenvalue weighted by Gasteiger charge is 2.55. The Morgan fingerprint density at radius 3 is 2.70 bits per heavy atom. The minimum atomic E-state index is -3.58. The number of hydrogen-bond acceptors (Lipinski definition) is 4. The summed E-state index contributed by atoms with van der Waals surface area (Å²) in [5, 5.41) is 3.95. The van der Waals surface area contributed by atoms with Gasteiger partial charge in [0, 0.05) is 24.9 Å². The van der Waals surface area contributed by atoms with E-state index in [1.54, 1.807) is 6.08 Å². The van der Waals surface area contributed by atoms with E-state index in [0.29, 0.717) is 6.61 Å². The molecule has 0 bridgehead atoms. The third-order valence-electron chi connectivity index (χ3n) is 4.30. The maximum Gasteiger partial charge on any atom is 0.234 e. The zero-order valence-electron chi connectivity index (χ0n) is 12.8. The molecule has 0 radical (unpaired) electrons. The van der Waals surface area contributed by atoms with Crippen LogP contribution < -0.4 is 10.0 Å². The molecular weight excluding hydrogens is 316 g/mol. The molecule has 2 fully saturated rings.